The van der Waals surface area contributed by atoms with Gasteiger partial charge in [0.1, 0.15) is 11.5 Å². The minimum atomic E-state index is -0.470. The molecule has 2 aliphatic carbocycles. The number of hydrogen-bond donors (Lipinski definition) is 0. The van der Waals surface area contributed by atoms with Crippen LogP contribution >= 0.6 is 0 Å². The highest BCUT2D eigenvalue weighted by Gasteiger charge is 2.51. The molecular formula is C45H26O. The van der Waals surface area contributed by atoms with Gasteiger partial charge in [-0.1, -0.05) is 133 Å². The van der Waals surface area contributed by atoms with Crippen LogP contribution in [-0.4, -0.2) is 0 Å². The predicted molar refractivity (Wildman–Crippen MR) is 189 cm³/mol. The number of para-hydroxylation sites is 1. The second-order valence-corrected chi connectivity index (χ2v) is 12.8. The van der Waals surface area contributed by atoms with Gasteiger partial charge in [-0.05, 0) is 102 Å². The Labute approximate surface area is 267 Å². The Morgan fingerprint density at radius 1 is 0.348 bits per heavy atom. The van der Waals surface area contributed by atoms with Crippen molar-refractivity contribution >= 4 is 21.5 Å². The monoisotopic (exact) mass is 582 g/mol. The van der Waals surface area contributed by atoms with Crippen molar-refractivity contribution in [2.24, 2.45) is 0 Å². The molecule has 0 fully saturated rings. The quantitative estimate of drug-likeness (QED) is 0.187. The van der Waals surface area contributed by atoms with E-state index in [1.165, 1.54) is 82.7 Å². The van der Waals surface area contributed by atoms with E-state index in [1.54, 1.807) is 0 Å². The van der Waals surface area contributed by atoms with E-state index >= 15 is 0 Å². The summed E-state index contributed by atoms with van der Waals surface area (Å²) in [5.41, 5.74) is 15.1. The fourth-order valence-corrected chi connectivity index (χ4v) is 8.97. The van der Waals surface area contributed by atoms with Gasteiger partial charge in [-0.3, -0.25) is 0 Å². The van der Waals surface area contributed by atoms with E-state index in [4.69, 9.17) is 4.74 Å². The zero-order valence-electron chi connectivity index (χ0n) is 24.9. The Morgan fingerprint density at radius 3 is 1.76 bits per heavy atom. The molecule has 0 amide bonds. The van der Waals surface area contributed by atoms with E-state index in [9.17, 15) is 0 Å². The van der Waals surface area contributed by atoms with Gasteiger partial charge >= 0.3 is 0 Å². The Morgan fingerprint density at radius 2 is 0.913 bits per heavy atom. The molecule has 0 saturated heterocycles. The Kier molecular flexibility index (Phi) is 4.57. The van der Waals surface area contributed by atoms with Gasteiger partial charge in [-0.15, -0.1) is 0 Å². The van der Waals surface area contributed by atoms with Crippen LogP contribution in [0.25, 0.3) is 66.1 Å². The van der Waals surface area contributed by atoms with Crippen LogP contribution in [0.5, 0.6) is 11.5 Å². The SMILES string of the molecule is c1ccc2c(c1)Oc1cccc3cc(-c4cccc5c4C4(c6ccccc6-5)c5ccccc5-c5cccc6cccc4c56)cc-2c13. The molecule has 3 aliphatic rings. The first-order valence-electron chi connectivity index (χ1n) is 16.0. The van der Waals surface area contributed by atoms with Gasteiger partial charge in [0.15, 0.2) is 0 Å². The Balaban J connectivity index is 1.32. The number of benzene rings is 8. The third-order valence-corrected chi connectivity index (χ3v) is 10.6. The normalized spacial score (nSPS) is 16.1. The summed E-state index contributed by atoms with van der Waals surface area (Å²) in [6.07, 6.45) is 0. The third-order valence-electron chi connectivity index (χ3n) is 10.6. The highest BCUT2D eigenvalue weighted by molar-refractivity contribution is 6.10. The molecule has 1 atom stereocenters. The first-order valence-corrected chi connectivity index (χ1v) is 16.0. The second kappa shape index (κ2) is 8.62. The number of rotatable bonds is 1. The zero-order valence-corrected chi connectivity index (χ0v) is 24.9. The summed E-state index contributed by atoms with van der Waals surface area (Å²) in [5.74, 6) is 1.83. The number of fused-ring (bicyclic) bond motifs is 11. The molecule has 1 heterocycles. The molecule has 1 nitrogen and oxygen atoms in total. The van der Waals surface area contributed by atoms with Crippen molar-refractivity contribution in [3.05, 3.63) is 180 Å². The number of ether oxygens (including phenoxy) is 1. The van der Waals surface area contributed by atoms with Crippen LogP contribution < -0.4 is 4.74 Å². The van der Waals surface area contributed by atoms with E-state index < -0.39 is 5.41 Å². The summed E-state index contributed by atoms with van der Waals surface area (Å²) in [5, 5.41) is 5.01. The summed E-state index contributed by atoms with van der Waals surface area (Å²) < 4.78 is 6.41. The summed E-state index contributed by atoms with van der Waals surface area (Å²) in [7, 11) is 0. The van der Waals surface area contributed by atoms with Crippen LogP contribution in [0.3, 0.4) is 0 Å². The molecule has 0 aromatic heterocycles. The third kappa shape index (κ3) is 2.87. The van der Waals surface area contributed by atoms with Crippen LogP contribution in [-0.2, 0) is 5.41 Å². The summed E-state index contributed by atoms with van der Waals surface area (Å²) in [6, 6.07) is 58.4. The molecule has 1 heteroatoms. The first kappa shape index (κ1) is 24.4. The van der Waals surface area contributed by atoms with E-state index in [1.807, 2.05) is 0 Å². The molecule has 0 bridgehead atoms. The fourth-order valence-electron chi connectivity index (χ4n) is 8.97. The number of hydrogen-bond acceptors (Lipinski definition) is 1. The fraction of sp³-hybridized carbons (Fsp3) is 0.0222. The van der Waals surface area contributed by atoms with Gasteiger partial charge in [0.05, 0.1) is 5.41 Å². The van der Waals surface area contributed by atoms with Gasteiger partial charge in [0.2, 0.25) is 0 Å². The van der Waals surface area contributed by atoms with Crippen molar-refractivity contribution in [2.45, 2.75) is 5.41 Å². The molecule has 0 N–H and O–H groups in total. The molecule has 46 heavy (non-hydrogen) atoms. The highest BCUT2D eigenvalue weighted by Crippen LogP contribution is 2.63. The maximum absolute atomic E-state index is 6.41. The van der Waals surface area contributed by atoms with E-state index in [2.05, 4.69) is 158 Å². The van der Waals surface area contributed by atoms with Gasteiger partial charge < -0.3 is 4.74 Å². The molecule has 1 unspecified atom stereocenters. The molecule has 8 aromatic carbocycles. The van der Waals surface area contributed by atoms with Gasteiger partial charge in [-0.25, -0.2) is 0 Å². The summed E-state index contributed by atoms with van der Waals surface area (Å²) >= 11 is 0. The second-order valence-electron chi connectivity index (χ2n) is 12.8. The molecule has 1 spiro atoms. The van der Waals surface area contributed by atoms with Crippen LogP contribution in [0.15, 0.2) is 158 Å². The largest absolute Gasteiger partial charge is 0.456 e. The van der Waals surface area contributed by atoms with Crippen LogP contribution in [0.1, 0.15) is 22.3 Å². The lowest BCUT2D eigenvalue weighted by Crippen LogP contribution is -2.32. The molecule has 8 aromatic rings. The molecule has 1 aliphatic heterocycles. The zero-order chi connectivity index (χ0) is 30.0. The van der Waals surface area contributed by atoms with E-state index in [-0.39, 0.29) is 0 Å². The molecule has 0 radical (unpaired) electrons. The average molecular weight is 583 g/mol. The minimum Gasteiger partial charge on any atom is -0.456 e. The lowest BCUT2D eigenvalue weighted by atomic mass is 9.60. The predicted octanol–water partition coefficient (Wildman–Crippen LogP) is 11.8. The average Bonchev–Trinajstić information content (AvgIpc) is 3.41. The van der Waals surface area contributed by atoms with E-state index in [0.717, 1.165) is 17.1 Å². The topological polar surface area (TPSA) is 9.23 Å². The summed E-state index contributed by atoms with van der Waals surface area (Å²) in [6.45, 7) is 0. The molecule has 212 valence electrons. The van der Waals surface area contributed by atoms with Crippen molar-refractivity contribution < 1.29 is 4.74 Å². The maximum atomic E-state index is 6.41. The van der Waals surface area contributed by atoms with Crippen molar-refractivity contribution in [1.29, 1.82) is 0 Å². The van der Waals surface area contributed by atoms with Crippen molar-refractivity contribution in [3.63, 3.8) is 0 Å². The molecular weight excluding hydrogens is 556 g/mol. The van der Waals surface area contributed by atoms with E-state index in [0.29, 0.717) is 0 Å². The van der Waals surface area contributed by atoms with Crippen molar-refractivity contribution in [2.75, 3.05) is 0 Å². The smallest absolute Gasteiger partial charge is 0.135 e. The van der Waals surface area contributed by atoms with Gasteiger partial charge in [0.25, 0.3) is 0 Å². The van der Waals surface area contributed by atoms with Crippen LogP contribution in [0.2, 0.25) is 0 Å². The molecule has 0 saturated carbocycles. The Bertz CT molecular complexity index is 2620. The standard InChI is InChI=1S/C45H26O/c1-4-20-37-31(14-1)34-18-7-11-27-12-8-22-39(42(27)34)45(37)38-21-5-2-15-32(38)35-19-10-17-30(44(35)45)29-25-28-13-9-24-41-43(28)36(26-29)33-16-3-6-23-40(33)46-41/h1-26H. The highest BCUT2D eigenvalue weighted by atomic mass is 16.5. The lowest BCUT2D eigenvalue weighted by molar-refractivity contribution is 0.487. The van der Waals surface area contributed by atoms with Crippen LogP contribution in [0.4, 0.5) is 0 Å². The van der Waals surface area contributed by atoms with Crippen molar-refractivity contribution in [1.82, 2.24) is 0 Å². The van der Waals surface area contributed by atoms with Gasteiger partial charge in [0, 0.05) is 10.9 Å². The van der Waals surface area contributed by atoms with Crippen molar-refractivity contribution in [3.8, 4) is 56.0 Å². The Hall–Kier alpha value is -5.92. The van der Waals surface area contributed by atoms with Gasteiger partial charge in [-0.2, -0.15) is 0 Å². The maximum Gasteiger partial charge on any atom is 0.135 e. The lowest BCUT2D eigenvalue weighted by Gasteiger charge is -2.41. The first-order chi connectivity index (χ1) is 22.8. The summed E-state index contributed by atoms with van der Waals surface area (Å²) in [4.78, 5) is 0. The minimum absolute atomic E-state index is 0.470. The molecule has 11 rings (SSSR count). The van der Waals surface area contributed by atoms with Crippen LogP contribution in [0, 0.1) is 0 Å².